The first-order valence-electron chi connectivity index (χ1n) is 6.51. The number of hydrogen-bond acceptors (Lipinski definition) is 5. The van der Waals surface area contributed by atoms with Crippen LogP contribution in [0.25, 0.3) is 0 Å². The van der Waals surface area contributed by atoms with Crippen LogP contribution < -0.4 is 14.8 Å². The third kappa shape index (κ3) is 2.49. The van der Waals surface area contributed by atoms with E-state index in [9.17, 15) is 10.1 Å². The van der Waals surface area contributed by atoms with Crippen LogP contribution in [-0.4, -0.2) is 24.8 Å². The van der Waals surface area contributed by atoms with Gasteiger partial charge >= 0.3 is 5.69 Å². The topological polar surface area (TPSA) is 73.6 Å². The molecule has 0 saturated carbocycles. The summed E-state index contributed by atoms with van der Waals surface area (Å²) >= 11 is 0. The highest BCUT2D eigenvalue weighted by molar-refractivity contribution is 5.59. The zero-order valence-electron chi connectivity index (χ0n) is 10.6. The zero-order chi connectivity index (χ0) is 13.2. The Hall–Kier alpha value is -1.82. The molecule has 1 N–H and O–H groups in total. The number of piperidine rings is 1. The Morgan fingerprint density at radius 2 is 2.11 bits per heavy atom. The Morgan fingerprint density at radius 3 is 2.84 bits per heavy atom. The van der Waals surface area contributed by atoms with Crippen LogP contribution in [-0.2, 0) is 6.42 Å². The van der Waals surface area contributed by atoms with Crippen molar-refractivity contribution in [2.45, 2.75) is 19.3 Å². The SMILES string of the molecule is O=[N+]([O-])c1cc(CC2CCNCC2)cc2c1OCO2. The molecular weight excluding hydrogens is 248 g/mol. The normalized spacial score (nSPS) is 18.5. The molecule has 1 aromatic rings. The van der Waals surface area contributed by atoms with Crippen molar-refractivity contribution < 1.29 is 14.4 Å². The summed E-state index contributed by atoms with van der Waals surface area (Å²) < 4.78 is 10.4. The van der Waals surface area contributed by atoms with E-state index in [0.717, 1.165) is 37.9 Å². The number of nitro benzene ring substituents is 1. The van der Waals surface area contributed by atoms with E-state index in [0.29, 0.717) is 11.7 Å². The van der Waals surface area contributed by atoms with Gasteiger partial charge in [0.25, 0.3) is 0 Å². The van der Waals surface area contributed by atoms with Crippen LogP contribution in [0.15, 0.2) is 12.1 Å². The second kappa shape index (κ2) is 5.05. The summed E-state index contributed by atoms with van der Waals surface area (Å²) in [4.78, 5) is 10.7. The number of rotatable bonds is 3. The largest absolute Gasteiger partial charge is 0.453 e. The van der Waals surface area contributed by atoms with E-state index in [4.69, 9.17) is 9.47 Å². The molecule has 0 aliphatic carbocycles. The van der Waals surface area contributed by atoms with Gasteiger partial charge < -0.3 is 14.8 Å². The van der Waals surface area contributed by atoms with Crippen molar-refractivity contribution in [2.24, 2.45) is 5.92 Å². The van der Waals surface area contributed by atoms with E-state index >= 15 is 0 Å². The van der Waals surface area contributed by atoms with Gasteiger partial charge in [0.2, 0.25) is 12.5 Å². The van der Waals surface area contributed by atoms with Crippen molar-refractivity contribution in [3.8, 4) is 11.5 Å². The van der Waals surface area contributed by atoms with Crippen molar-refractivity contribution >= 4 is 5.69 Å². The zero-order valence-corrected chi connectivity index (χ0v) is 10.6. The second-order valence-electron chi connectivity index (χ2n) is 5.00. The van der Waals surface area contributed by atoms with Gasteiger partial charge in [0.1, 0.15) is 0 Å². The van der Waals surface area contributed by atoms with E-state index in [1.54, 1.807) is 6.07 Å². The first-order chi connectivity index (χ1) is 9.24. The van der Waals surface area contributed by atoms with Crippen LogP contribution in [0.1, 0.15) is 18.4 Å². The maximum Gasteiger partial charge on any atom is 0.315 e. The van der Waals surface area contributed by atoms with Crippen molar-refractivity contribution in [3.63, 3.8) is 0 Å². The van der Waals surface area contributed by atoms with Gasteiger partial charge in [0.15, 0.2) is 5.75 Å². The molecule has 0 atom stereocenters. The van der Waals surface area contributed by atoms with Crippen molar-refractivity contribution in [1.29, 1.82) is 0 Å². The lowest BCUT2D eigenvalue weighted by Crippen LogP contribution is -2.28. The van der Waals surface area contributed by atoms with Gasteiger partial charge in [0, 0.05) is 6.07 Å². The molecule has 0 bridgehead atoms. The van der Waals surface area contributed by atoms with E-state index in [1.165, 1.54) is 0 Å². The second-order valence-corrected chi connectivity index (χ2v) is 5.00. The molecule has 6 nitrogen and oxygen atoms in total. The highest BCUT2D eigenvalue weighted by Gasteiger charge is 2.27. The predicted molar refractivity (Wildman–Crippen MR) is 68.5 cm³/mol. The molecule has 0 radical (unpaired) electrons. The summed E-state index contributed by atoms with van der Waals surface area (Å²) in [5, 5.41) is 14.4. The van der Waals surface area contributed by atoms with Crippen LogP contribution >= 0.6 is 0 Å². The number of ether oxygens (including phenoxy) is 2. The maximum atomic E-state index is 11.1. The van der Waals surface area contributed by atoms with Gasteiger partial charge in [-0.2, -0.15) is 0 Å². The van der Waals surface area contributed by atoms with Crippen LogP contribution in [0, 0.1) is 16.0 Å². The third-order valence-corrected chi connectivity index (χ3v) is 3.69. The Morgan fingerprint density at radius 1 is 1.32 bits per heavy atom. The van der Waals surface area contributed by atoms with Gasteiger partial charge in [-0.15, -0.1) is 0 Å². The number of nitro groups is 1. The molecule has 0 unspecified atom stereocenters. The van der Waals surface area contributed by atoms with Gasteiger partial charge in [-0.1, -0.05) is 0 Å². The predicted octanol–water partition coefficient (Wildman–Crippen LogP) is 1.87. The number of benzene rings is 1. The summed E-state index contributed by atoms with van der Waals surface area (Å²) in [6, 6.07) is 3.49. The Bertz CT molecular complexity index is 498. The minimum atomic E-state index is -0.403. The first kappa shape index (κ1) is 12.2. The van der Waals surface area contributed by atoms with Crippen molar-refractivity contribution in [2.75, 3.05) is 19.9 Å². The average Bonchev–Trinajstić information content (AvgIpc) is 2.87. The molecule has 1 saturated heterocycles. The lowest BCUT2D eigenvalue weighted by Gasteiger charge is -2.22. The Kier molecular flexibility index (Phi) is 3.25. The molecule has 6 heteroatoms. The van der Waals surface area contributed by atoms with E-state index in [1.807, 2.05) is 6.07 Å². The molecule has 102 valence electrons. The van der Waals surface area contributed by atoms with Crippen LogP contribution in [0.2, 0.25) is 0 Å². The summed E-state index contributed by atoms with van der Waals surface area (Å²) in [7, 11) is 0. The Labute approximate surface area is 110 Å². The molecule has 1 fully saturated rings. The summed E-state index contributed by atoms with van der Waals surface area (Å²) in [6.07, 6.45) is 3.09. The molecule has 19 heavy (non-hydrogen) atoms. The quantitative estimate of drug-likeness (QED) is 0.666. The maximum absolute atomic E-state index is 11.1. The van der Waals surface area contributed by atoms with Crippen LogP contribution in [0.4, 0.5) is 5.69 Å². The lowest BCUT2D eigenvalue weighted by atomic mass is 9.90. The fraction of sp³-hybridized carbons (Fsp3) is 0.538. The molecule has 0 amide bonds. The number of nitrogens with zero attached hydrogens (tertiary/aromatic N) is 1. The van der Waals surface area contributed by atoms with E-state index < -0.39 is 4.92 Å². The minimum absolute atomic E-state index is 0.0129. The summed E-state index contributed by atoms with van der Waals surface area (Å²) in [5.41, 5.74) is 0.974. The Balaban J connectivity index is 1.85. The van der Waals surface area contributed by atoms with Crippen LogP contribution in [0.3, 0.4) is 0 Å². The molecule has 0 aromatic heterocycles. The van der Waals surface area contributed by atoms with Crippen LogP contribution in [0.5, 0.6) is 11.5 Å². The van der Waals surface area contributed by atoms with Gasteiger partial charge in [-0.25, -0.2) is 0 Å². The molecule has 0 spiro atoms. The van der Waals surface area contributed by atoms with Gasteiger partial charge in [0.05, 0.1) is 4.92 Å². The van der Waals surface area contributed by atoms with Crippen molar-refractivity contribution in [1.82, 2.24) is 5.32 Å². The highest BCUT2D eigenvalue weighted by Crippen LogP contribution is 2.42. The smallest absolute Gasteiger partial charge is 0.315 e. The molecular formula is C13H16N2O4. The number of hydrogen-bond donors (Lipinski definition) is 1. The van der Waals surface area contributed by atoms with Gasteiger partial charge in [-0.3, -0.25) is 10.1 Å². The molecule has 2 heterocycles. The molecule has 3 rings (SSSR count). The van der Waals surface area contributed by atoms with Gasteiger partial charge in [-0.05, 0) is 49.9 Å². The monoisotopic (exact) mass is 264 g/mol. The summed E-state index contributed by atoms with van der Waals surface area (Å²) in [6.45, 7) is 2.11. The number of fused-ring (bicyclic) bond motifs is 1. The molecule has 1 aromatic carbocycles. The lowest BCUT2D eigenvalue weighted by molar-refractivity contribution is -0.385. The van der Waals surface area contributed by atoms with E-state index in [-0.39, 0.29) is 18.2 Å². The molecule has 2 aliphatic rings. The average molecular weight is 264 g/mol. The highest BCUT2D eigenvalue weighted by atomic mass is 16.7. The minimum Gasteiger partial charge on any atom is -0.453 e. The number of nitrogens with one attached hydrogen (secondary N) is 1. The fourth-order valence-electron chi connectivity index (χ4n) is 2.72. The summed E-state index contributed by atoms with van der Waals surface area (Å²) in [5.74, 6) is 1.35. The van der Waals surface area contributed by atoms with E-state index in [2.05, 4.69) is 5.32 Å². The molecule has 2 aliphatic heterocycles. The third-order valence-electron chi connectivity index (χ3n) is 3.69. The first-order valence-corrected chi connectivity index (χ1v) is 6.51. The van der Waals surface area contributed by atoms with Crippen molar-refractivity contribution in [3.05, 3.63) is 27.8 Å². The standard InChI is InChI=1S/C13H16N2O4/c16-15(17)11-6-10(5-9-1-3-14-4-2-9)7-12-13(11)19-8-18-12/h6-7,9,14H,1-5,8H2. The fourth-order valence-corrected chi connectivity index (χ4v) is 2.72.